The Labute approximate surface area is 162 Å². The van der Waals surface area contributed by atoms with Crippen LogP contribution in [-0.2, 0) is 0 Å². The van der Waals surface area contributed by atoms with Crippen LogP contribution in [-0.4, -0.2) is 37.2 Å². The van der Waals surface area contributed by atoms with Crippen molar-refractivity contribution in [1.82, 2.24) is 24.6 Å². The second kappa shape index (κ2) is 6.64. The normalized spacial score (nSPS) is 16.8. The number of benzene rings is 2. The number of nitrogens with one attached hydrogen (secondary N) is 1. The SMILES string of the molecule is Cc1ccc2nc([C@@H]3CCCN3C(=O)n3ccc(-c4ccccc4)n3)[nH]c2c1. The number of carbonyl (C=O) groups excluding carboxylic acids is 1. The van der Waals surface area contributed by atoms with Crippen LogP contribution in [0.4, 0.5) is 4.79 Å². The van der Waals surface area contributed by atoms with E-state index in [0.29, 0.717) is 6.54 Å². The van der Waals surface area contributed by atoms with Gasteiger partial charge in [-0.3, -0.25) is 0 Å². The number of carbonyl (C=O) groups is 1. The van der Waals surface area contributed by atoms with Crippen LogP contribution < -0.4 is 0 Å². The van der Waals surface area contributed by atoms with Crippen LogP contribution in [0.2, 0.25) is 0 Å². The van der Waals surface area contributed by atoms with E-state index in [1.54, 1.807) is 6.20 Å². The fourth-order valence-corrected chi connectivity index (χ4v) is 3.91. The molecular weight excluding hydrogens is 350 g/mol. The molecule has 140 valence electrons. The highest BCUT2D eigenvalue weighted by Gasteiger charge is 2.33. The third-order valence-electron chi connectivity index (χ3n) is 5.32. The predicted octanol–water partition coefficient (Wildman–Crippen LogP) is 4.54. The van der Waals surface area contributed by atoms with Gasteiger partial charge >= 0.3 is 6.03 Å². The van der Waals surface area contributed by atoms with Gasteiger partial charge in [-0.15, -0.1) is 0 Å². The van der Waals surface area contributed by atoms with Crippen molar-refractivity contribution in [2.24, 2.45) is 0 Å². The third-order valence-corrected chi connectivity index (χ3v) is 5.32. The predicted molar refractivity (Wildman–Crippen MR) is 108 cm³/mol. The summed E-state index contributed by atoms with van der Waals surface area (Å²) < 4.78 is 1.44. The second-order valence-electron chi connectivity index (χ2n) is 7.29. The highest BCUT2D eigenvalue weighted by atomic mass is 16.2. The van der Waals surface area contributed by atoms with Gasteiger partial charge < -0.3 is 9.88 Å². The van der Waals surface area contributed by atoms with Crippen LogP contribution in [0.15, 0.2) is 60.8 Å². The molecule has 1 fully saturated rings. The minimum atomic E-state index is -0.110. The Balaban J connectivity index is 1.43. The van der Waals surface area contributed by atoms with Crippen LogP contribution in [0, 0.1) is 6.92 Å². The highest BCUT2D eigenvalue weighted by molar-refractivity contribution is 5.79. The fraction of sp³-hybridized carbons (Fsp3) is 0.227. The Kier molecular flexibility index (Phi) is 3.97. The smallest absolute Gasteiger partial charge is 0.340 e. The summed E-state index contributed by atoms with van der Waals surface area (Å²) in [7, 11) is 0. The largest absolute Gasteiger partial charge is 0.345 e. The van der Waals surface area contributed by atoms with Gasteiger partial charge in [0.25, 0.3) is 0 Å². The Morgan fingerprint density at radius 2 is 2.00 bits per heavy atom. The molecule has 4 aromatic rings. The van der Waals surface area contributed by atoms with Gasteiger partial charge in [0.15, 0.2) is 0 Å². The van der Waals surface area contributed by atoms with E-state index in [0.717, 1.165) is 41.0 Å². The molecule has 2 aromatic carbocycles. The summed E-state index contributed by atoms with van der Waals surface area (Å²) in [5, 5.41) is 4.50. The Morgan fingerprint density at radius 3 is 2.86 bits per heavy atom. The molecule has 5 rings (SSSR count). The molecule has 1 aliphatic rings. The fourth-order valence-electron chi connectivity index (χ4n) is 3.91. The molecule has 6 nitrogen and oxygen atoms in total. The van der Waals surface area contributed by atoms with Crippen molar-refractivity contribution in [2.45, 2.75) is 25.8 Å². The van der Waals surface area contributed by atoms with Crippen molar-refractivity contribution in [3.05, 3.63) is 72.2 Å². The monoisotopic (exact) mass is 371 g/mol. The van der Waals surface area contributed by atoms with E-state index >= 15 is 0 Å². The average Bonchev–Trinajstić information content (AvgIpc) is 3.46. The second-order valence-corrected chi connectivity index (χ2v) is 7.29. The molecule has 0 unspecified atom stereocenters. The maximum absolute atomic E-state index is 13.1. The molecule has 6 heteroatoms. The summed E-state index contributed by atoms with van der Waals surface area (Å²) in [6.07, 6.45) is 3.60. The molecule has 0 spiro atoms. The van der Waals surface area contributed by atoms with E-state index in [4.69, 9.17) is 4.98 Å². The molecule has 1 atom stereocenters. The quantitative estimate of drug-likeness (QED) is 0.562. The molecular formula is C22H21N5O. The third kappa shape index (κ3) is 2.87. The Morgan fingerprint density at radius 1 is 1.14 bits per heavy atom. The first-order valence-corrected chi connectivity index (χ1v) is 9.57. The lowest BCUT2D eigenvalue weighted by molar-refractivity contribution is 0.189. The number of hydrogen-bond donors (Lipinski definition) is 1. The lowest BCUT2D eigenvalue weighted by Gasteiger charge is -2.22. The molecule has 0 saturated carbocycles. The van der Waals surface area contributed by atoms with Crippen molar-refractivity contribution < 1.29 is 4.79 Å². The number of H-pyrrole nitrogens is 1. The van der Waals surface area contributed by atoms with Crippen LogP contribution >= 0.6 is 0 Å². The van der Waals surface area contributed by atoms with Gasteiger partial charge in [0.1, 0.15) is 5.82 Å². The van der Waals surface area contributed by atoms with Crippen LogP contribution in [0.5, 0.6) is 0 Å². The van der Waals surface area contributed by atoms with E-state index in [1.165, 1.54) is 10.2 Å². The molecule has 0 bridgehead atoms. The standard InChI is InChI=1S/C22H21N5O/c1-15-9-10-18-19(14-15)24-21(23-18)20-8-5-12-26(20)22(28)27-13-11-17(25-27)16-6-3-2-4-7-16/h2-4,6-7,9-11,13-14,20H,5,8,12H2,1H3,(H,23,24)/t20-/m0/s1. The summed E-state index contributed by atoms with van der Waals surface area (Å²) in [5.41, 5.74) is 4.93. The molecule has 1 amide bonds. The van der Waals surface area contributed by atoms with Gasteiger partial charge in [-0.1, -0.05) is 36.4 Å². The molecule has 2 aromatic heterocycles. The van der Waals surface area contributed by atoms with E-state index in [9.17, 15) is 4.79 Å². The number of imidazole rings is 1. The number of aryl methyl sites for hydroxylation is 1. The topological polar surface area (TPSA) is 66.8 Å². The summed E-state index contributed by atoms with van der Waals surface area (Å²) >= 11 is 0. The number of amides is 1. The zero-order chi connectivity index (χ0) is 19.1. The van der Waals surface area contributed by atoms with Gasteiger partial charge in [0.05, 0.1) is 22.8 Å². The average molecular weight is 371 g/mol. The van der Waals surface area contributed by atoms with Gasteiger partial charge in [-0.2, -0.15) is 9.78 Å². The minimum Gasteiger partial charge on any atom is -0.340 e. The Hall–Kier alpha value is -3.41. The minimum absolute atomic E-state index is 0.0513. The van der Waals surface area contributed by atoms with Crippen molar-refractivity contribution in [3.8, 4) is 11.3 Å². The first-order valence-electron chi connectivity index (χ1n) is 9.57. The molecule has 28 heavy (non-hydrogen) atoms. The van der Waals surface area contributed by atoms with Crippen LogP contribution in [0.25, 0.3) is 22.3 Å². The van der Waals surface area contributed by atoms with Crippen LogP contribution in [0.1, 0.15) is 30.3 Å². The van der Waals surface area contributed by atoms with Crippen molar-refractivity contribution >= 4 is 17.1 Å². The lowest BCUT2D eigenvalue weighted by atomic mass is 10.2. The van der Waals surface area contributed by atoms with Crippen LogP contribution in [0.3, 0.4) is 0 Å². The van der Waals surface area contributed by atoms with Gasteiger partial charge in [-0.25, -0.2) is 9.78 Å². The zero-order valence-electron chi connectivity index (χ0n) is 15.7. The highest BCUT2D eigenvalue weighted by Crippen LogP contribution is 2.32. The first-order chi connectivity index (χ1) is 13.7. The molecule has 1 aliphatic heterocycles. The van der Waals surface area contributed by atoms with Gasteiger partial charge in [0, 0.05) is 18.3 Å². The molecule has 0 radical (unpaired) electrons. The summed E-state index contributed by atoms with van der Waals surface area (Å²) in [4.78, 5) is 23.1. The lowest BCUT2D eigenvalue weighted by Crippen LogP contribution is -2.35. The van der Waals surface area contributed by atoms with E-state index in [-0.39, 0.29) is 12.1 Å². The summed E-state index contributed by atoms with van der Waals surface area (Å²) in [5.74, 6) is 0.849. The van der Waals surface area contributed by atoms with Crippen molar-refractivity contribution in [1.29, 1.82) is 0 Å². The van der Waals surface area contributed by atoms with Crippen molar-refractivity contribution in [2.75, 3.05) is 6.54 Å². The van der Waals surface area contributed by atoms with Gasteiger partial charge in [0.2, 0.25) is 0 Å². The number of rotatable bonds is 2. The number of likely N-dealkylation sites (tertiary alicyclic amines) is 1. The number of aromatic amines is 1. The first kappa shape index (κ1) is 16.7. The zero-order valence-corrected chi connectivity index (χ0v) is 15.7. The molecule has 3 heterocycles. The number of aromatic nitrogens is 4. The van der Waals surface area contributed by atoms with E-state index in [2.05, 4.69) is 29.1 Å². The Bertz CT molecular complexity index is 1140. The van der Waals surface area contributed by atoms with E-state index in [1.807, 2.05) is 47.4 Å². The molecule has 1 N–H and O–H groups in total. The maximum Gasteiger partial charge on any atom is 0.345 e. The summed E-state index contributed by atoms with van der Waals surface area (Å²) in [6.45, 7) is 2.77. The maximum atomic E-state index is 13.1. The number of hydrogen-bond acceptors (Lipinski definition) is 3. The van der Waals surface area contributed by atoms with Gasteiger partial charge in [-0.05, 0) is 43.5 Å². The number of nitrogens with zero attached hydrogens (tertiary/aromatic N) is 4. The van der Waals surface area contributed by atoms with E-state index < -0.39 is 0 Å². The van der Waals surface area contributed by atoms with Crippen molar-refractivity contribution in [3.63, 3.8) is 0 Å². The molecule has 1 saturated heterocycles. The molecule has 0 aliphatic carbocycles. The number of fused-ring (bicyclic) bond motifs is 1. The summed E-state index contributed by atoms with van der Waals surface area (Å²) in [6, 6.07) is 17.8.